The summed E-state index contributed by atoms with van der Waals surface area (Å²) in [5, 5.41) is 0. The van der Waals surface area contributed by atoms with Gasteiger partial charge in [-0.3, -0.25) is 9.78 Å². The lowest BCUT2D eigenvalue weighted by atomic mass is 10.1. The maximum absolute atomic E-state index is 11.0. The number of rotatable bonds is 3. The van der Waals surface area contributed by atoms with E-state index in [1.807, 2.05) is 13.0 Å². The molecule has 0 aliphatic heterocycles. The number of carbonyl (C=O) groups is 1. The molecule has 0 spiro atoms. The Kier molecular flexibility index (Phi) is 3.14. The van der Waals surface area contributed by atoms with Crippen LogP contribution in [0.3, 0.4) is 0 Å². The number of hydrogen-bond acceptors (Lipinski definition) is 3. The van der Waals surface area contributed by atoms with E-state index in [2.05, 4.69) is 4.98 Å². The molecule has 0 aromatic carbocycles. The lowest BCUT2D eigenvalue weighted by Crippen LogP contribution is -2.10. The first-order valence-electron chi connectivity index (χ1n) is 4.37. The monoisotopic (exact) mass is 178 g/mol. The molecule has 0 fully saturated rings. The minimum atomic E-state index is -0.0230. The van der Waals surface area contributed by atoms with Crippen LogP contribution in [0.4, 0.5) is 0 Å². The third kappa shape index (κ3) is 2.36. The number of ketones is 1. The van der Waals surface area contributed by atoms with Gasteiger partial charge in [0, 0.05) is 19.2 Å². The molecule has 13 heavy (non-hydrogen) atoms. The van der Waals surface area contributed by atoms with Gasteiger partial charge in [0.1, 0.15) is 5.69 Å². The molecule has 0 unspecified atom stereocenters. The first-order chi connectivity index (χ1) is 6.15. The second kappa shape index (κ2) is 4.14. The van der Waals surface area contributed by atoms with Crippen molar-refractivity contribution in [2.24, 2.45) is 5.73 Å². The van der Waals surface area contributed by atoms with Crippen molar-refractivity contribution in [2.45, 2.75) is 26.3 Å². The molecule has 0 aliphatic rings. The zero-order valence-electron chi connectivity index (χ0n) is 7.95. The SMILES string of the molecule is CC[C@H](N)c1ccnc(C(C)=O)c1. The van der Waals surface area contributed by atoms with Gasteiger partial charge < -0.3 is 5.73 Å². The van der Waals surface area contributed by atoms with Crippen molar-refractivity contribution in [1.82, 2.24) is 4.98 Å². The van der Waals surface area contributed by atoms with E-state index in [4.69, 9.17) is 5.73 Å². The van der Waals surface area contributed by atoms with Crippen LogP contribution >= 0.6 is 0 Å². The third-order valence-electron chi connectivity index (χ3n) is 2.01. The van der Waals surface area contributed by atoms with E-state index < -0.39 is 0 Å². The lowest BCUT2D eigenvalue weighted by molar-refractivity contribution is 0.101. The fourth-order valence-electron chi connectivity index (χ4n) is 1.11. The Morgan fingerprint density at radius 3 is 2.92 bits per heavy atom. The number of Topliss-reactive ketones (excluding diaryl/α,β-unsaturated/α-hetero) is 1. The summed E-state index contributed by atoms with van der Waals surface area (Å²) >= 11 is 0. The van der Waals surface area contributed by atoms with Crippen molar-refractivity contribution >= 4 is 5.78 Å². The number of pyridine rings is 1. The van der Waals surface area contributed by atoms with Crippen molar-refractivity contribution in [3.8, 4) is 0 Å². The second-order valence-electron chi connectivity index (χ2n) is 3.05. The van der Waals surface area contributed by atoms with E-state index in [0.717, 1.165) is 12.0 Å². The minimum absolute atomic E-state index is 0.00102. The molecule has 0 amide bonds. The molecule has 1 aromatic rings. The van der Waals surface area contributed by atoms with Crippen molar-refractivity contribution in [3.63, 3.8) is 0 Å². The molecule has 0 aliphatic carbocycles. The first kappa shape index (κ1) is 9.86. The van der Waals surface area contributed by atoms with Gasteiger partial charge in [0.15, 0.2) is 5.78 Å². The average Bonchev–Trinajstić information content (AvgIpc) is 2.17. The Labute approximate surface area is 78.0 Å². The van der Waals surface area contributed by atoms with Crippen LogP contribution in [-0.4, -0.2) is 10.8 Å². The van der Waals surface area contributed by atoms with Gasteiger partial charge in [-0.1, -0.05) is 6.92 Å². The minimum Gasteiger partial charge on any atom is -0.324 e. The summed E-state index contributed by atoms with van der Waals surface area (Å²) in [5.41, 5.74) is 7.29. The van der Waals surface area contributed by atoms with E-state index in [1.54, 1.807) is 12.3 Å². The largest absolute Gasteiger partial charge is 0.324 e. The van der Waals surface area contributed by atoms with Crippen LogP contribution in [0.2, 0.25) is 0 Å². The van der Waals surface area contributed by atoms with Crippen LogP contribution in [0.15, 0.2) is 18.3 Å². The molecule has 3 heteroatoms. The number of aromatic nitrogens is 1. The van der Waals surface area contributed by atoms with E-state index in [9.17, 15) is 4.79 Å². The van der Waals surface area contributed by atoms with E-state index >= 15 is 0 Å². The molecule has 1 rings (SSSR count). The Morgan fingerprint density at radius 1 is 1.69 bits per heavy atom. The Morgan fingerprint density at radius 2 is 2.38 bits per heavy atom. The molecule has 1 atom stereocenters. The van der Waals surface area contributed by atoms with Crippen LogP contribution in [0.25, 0.3) is 0 Å². The van der Waals surface area contributed by atoms with Crippen LogP contribution in [-0.2, 0) is 0 Å². The van der Waals surface area contributed by atoms with Gasteiger partial charge in [-0.25, -0.2) is 0 Å². The maximum Gasteiger partial charge on any atom is 0.178 e. The molecule has 2 N–H and O–H groups in total. The summed E-state index contributed by atoms with van der Waals surface area (Å²) in [5.74, 6) is -0.0230. The molecular formula is C10H14N2O. The molecule has 1 aromatic heterocycles. The normalized spacial score (nSPS) is 12.5. The fourth-order valence-corrected chi connectivity index (χ4v) is 1.11. The van der Waals surface area contributed by atoms with Gasteiger partial charge >= 0.3 is 0 Å². The lowest BCUT2D eigenvalue weighted by Gasteiger charge is -2.08. The maximum atomic E-state index is 11.0. The topological polar surface area (TPSA) is 56.0 Å². The molecular weight excluding hydrogens is 164 g/mol. The van der Waals surface area contributed by atoms with Crippen molar-refractivity contribution < 1.29 is 4.79 Å². The number of nitrogens with zero attached hydrogens (tertiary/aromatic N) is 1. The van der Waals surface area contributed by atoms with E-state index in [0.29, 0.717) is 5.69 Å². The van der Waals surface area contributed by atoms with Crippen molar-refractivity contribution in [3.05, 3.63) is 29.6 Å². The Balaban J connectivity index is 2.98. The molecule has 0 bridgehead atoms. The smallest absolute Gasteiger partial charge is 0.178 e. The molecule has 0 saturated heterocycles. The third-order valence-corrected chi connectivity index (χ3v) is 2.01. The fraction of sp³-hybridized carbons (Fsp3) is 0.400. The molecule has 3 nitrogen and oxygen atoms in total. The van der Waals surface area contributed by atoms with Crippen LogP contribution in [0.5, 0.6) is 0 Å². The summed E-state index contributed by atoms with van der Waals surface area (Å²) in [7, 11) is 0. The number of nitrogens with two attached hydrogens (primary N) is 1. The van der Waals surface area contributed by atoms with Gasteiger partial charge in [0.05, 0.1) is 0 Å². The van der Waals surface area contributed by atoms with Crippen LogP contribution < -0.4 is 5.73 Å². The van der Waals surface area contributed by atoms with Gasteiger partial charge in [-0.15, -0.1) is 0 Å². The van der Waals surface area contributed by atoms with Gasteiger partial charge in [0.2, 0.25) is 0 Å². The Bertz CT molecular complexity index is 310. The summed E-state index contributed by atoms with van der Waals surface area (Å²) < 4.78 is 0. The Hall–Kier alpha value is -1.22. The molecule has 0 radical (unpaired) electrons. The van der Waals surface area contributed by atoms with Crippen molar-refractivity contribution in [1.29, 1.82) is 0 Å². The number of carbonyl (C=O) groups excluding carboxylic acids is 1. The van der Waals surface area contributed by atoms with Gasteiger partial charge in [-0.05, 0) is 24.1 Å². The van der Waals surface area contributed by atoms with Crippen LogP contribution in [0.1, 0.15) is 42.4 Å². The van der Waals surface area contributed by atoms with Crippen molar-refractivity contribution in [2.75, 3.05) is 0 Å². The highest BCUT2D eigenvalue weighted by molar-refractivity contribution is 5.92. The van der Waals surface area contributed by atoms with Gasteiger partial charge in [0.25, 0.3) is 0 Å². The summed E-state index contributed by atoms with van der Waals surface area (Å²) in [6.45, 7) is 3.52. The summed E-state index contributed by atoms with van der Waals surface area (Å²) in [6, 6.07) is 3.61. The highest BCUT2D eigenvalue weighted by Gasteiger charge is 2.06. The van der Waals surface area contributed by atoms with Gasteiger partial charge in [-0.2, -0.15) is 0 Å². The summed E-state index contributed by atoms with van der Waals surface area (Å²) in [4.78, 5) is 15.0. The number of hydrogen-bond donors (Lipinski definition) is 1. The highest BCUT2D eigenvalue weighted by Crippen LogP contribution is 2.13. The highest BCUT2D eigenvalue weighted by atomic mass is 16.1. The average molecular weight is 178 g/mol. The quantitative estimate of drug-likeness (QED) is 0.716. The predicted octanol–water partition coefficient (Wildman–Crippen LogP) is 1.69. The zero-order valence-corrected chi connectivity index (χ0v) is 7.95. The molecule has 70 valence electrons. The second-order valence-corrected chi connectivity index (χ2v) is 3.05. The summed E-state index contributed by atoms with van der Waals surface area (Å²) in [6.07, 6.45) is 2.49. The standard InChI is InChI=1S/C10H14N2O/c1-3-9(11)8-4-5-12-10(6-8)7(2)13/h4-6,9H,3,11H2,1-2H3/t9-/m0/s1. The zero-order chi connectivity index (χ0) is 9.84. The predicted molar refractivity (Wildman–Crippen MR) is 51.5 cm³/mol. The molecule has 0 saturated carbocycles. The van der Waals surface area contributed by atoms with E-state index in [-0.39, 0.29) is 11.8 Å². The van der Waals surface area contributed by atoms with Crippen LogP contribution in [0, 0.1) is 0 Å². The molecule has 1 heterocycles. The first-order valence-corrected chi connectivity index (χ1v) is 4.37. The van der Waals surface area contributed by atoms with E-state index in [1.165, 1.54) is 6.92 Å².